The van der Waals surface area contributed by atoms with E-state index in [4.69, 9.17) is 9.97 Å². The summed E-state index contributed by atoms with van der Waals surface area (Å²) in [4.78, 5) is 116. The molecule has 8 bridgehead atoms. The molecular weight excluding hydrogens is 937 g/mol. The average Bonchev–Trinajstić information content (AvgIpc) is 4.19. The van der Waals surface area contributed by atoms with Crippen molar-refractivity contribution in [2.45, 2.75) is 0 Å². The molecule has 0 radical (unpaired) electrons. The van der Waals surface area contributed by atoms with Crippen LogP contribution in [0.4, 0.5) is 0 Å². The van der Waals surface area contributed by atoms with Gasteiger partial charge in [-0.1, -0.05) is 0 Å². The van der Waals surface area contributed by atoms with Gasteiger partial charge < -0.3 is 50.8 Å². The Labute approximate surface area is 401 Å². The van der Waals surface area contributed by atoms with E-state index >= 15 is 0 Å². The highest BCUT2D eigenvalue weighted by Gasteiger charge is 2.24. The number of aromatic amines is 2. The SMILES string of the molecule is O=C(O)c1cc(C(=O)O)cc(-c2c3nc(c(-c4cc(C(=O)O)cc(C(=O)O)c4)c4ccc([nH]4)c(-c4cc(C(=O)O)cc(C(=O)O)c4)c4nc(c(-c5cc(C(=O)O)cc(C(=O)O)c5)c5ccc2[nH]5)C=C4)C=C3)c1. The lowest BCUT2D eigenvalue weighted by atomic mass is 9.98. The van der Waals surface area contributed by atoms with Crippen molar-refractivity contribution in [1.29, 1.82) is 0 Å². The topological polar surface area (TPSA) is 356 Å². The van der Waals surface area contributed by atoms with E-state index in [9.17, 15) is 79.2 Å². The van der Waals surface area contributed by atoms with Gasteiger partial charge in [0, 0.05) is 44.3 Å². The van der Waals surface area contributed by atoms with Crippen LogP contribution < -0.4 is 0 Å². The lowest BCUT2D eigenvalue weighted by molar-refractivity contribution is 0.0676. The number of rotatable bonds is 12. The zero-order valence-corrected chi connectivity index (χ0v) is 36.3. The van der Waals surface area contributed by atoms with Crippen molar-refractivity contribution in [3.63, 3.8) is 0 Å². The molecule has 0 saturated carbocycles. The van der Waals surface area contributed by atoms with Crippen LogP contribution in [0.3, 0.4) is 0 Å². The Hall–Kier alpha value is -10.8. The first-order valence-corrected chi connectivity index (χ1v) is 20.9. The Kier molecular flexibility index (Phi) is 11.4. The fourth-order valence-electron chi connectivity index (χ4n) is 8.50. The van der Waals surface area contributed by atoms with E-state index in [0.29, 0.717) is 0 Å². The van der Waals surface area contributed by atoms with Crippen LogP contribution in [0.2, 0.25) is 0 Å². The molecule has 7 aromatic rings. The van der Waals surface area contributed by atoms with Gasteiger partial charge in [0.1, 0.15) is 0 Å². The molecule has 5 heterocycles. The lowest BCUT2D eigenvalue weighted by Gasteiger charge is -2.10. The summed E-state index contributed by atoms with van der Waals surface area (Å²) in [7, 11) is 0. The summed E-state index contributed by atoms with van der Waals surface area (Å²) in [5, 5.41) is 81.1. The molecule has 0 spiro atoms. The molecule has 0 unspecified atom stereocenters. The molecule has 0 atom stereocenters. The van der Waals surface area contributed by atoms with Crippen LogP contribution in [0.1, 0.15) is 106 Å². The first-order valence-electron chi connectivity index (χ1n) is 20.9. The smallest absolute Gasteiger partial charge is 0.335 e. The molecule has 10 N–H and O–H groups in total. The number of hydrogen-bond donors (Lipinski definition) is 10. The first-order chi connectivity index (χ1) is 34.2. The van der Waals surface area contributed by atoms with Gasteiger partial charge in [0.2, 0.25) is 0 Å². The van der Waals surface area contributed by atoms with Crippen LogP contribution in [0, 0.1) is 0 Å². The minimum atomic E-state index is -1.48. The molecule has 0 aliphatic carbocycles. The molecule has 4 aromatic carbocycles. The molecule has 2 aliphatic rings. The third kappa shape index (κ3) is 8.56. The average molecular weight is 967 g/mol. The summed E-state index contributed by atoms with van der Waals surface area (Å²) in [6.45, 7) is 0. The summed E-state index contributed by atoms with van der Waals surface area (Å²) in [5.74, 6) is -11.8. The van der Waals surface area contributed by atoms with E-state index in [-0.39, 0.29) is 89.4 Å². The van der Waals surface area contributed by atoms with Crippen molar-refractivity contribution in [1.82, 2.24) is 19.9 Å². The number of aromatic nitrogens is 4. The number of fused-ring (bicyclic) bond motifs is 8. The third-order valence-electron chi connectivity index (χ3n) is 11.6. The predicted octanol–water partition coefficient (Wildman–Crippen LogP) is 8.91. The summed E-state index contributed by atoms with van der Waals surface area (Å²) in [6, 6.07) is 19.4. The first kappa shape index (κ1) is 46.4. The fourth-order valence-corrected chi connectivity index (χ4v) is 8.50. The second kappa shape index (κ2) is 17.7. The number of aromatic carboxylic acids is 8. The van der Waals surface area contributed by atoms with Crippen LogP contribution >= 0.6 is 0 Å². The van der Waals surface area contributed by atoms with Crippen LogP contribution in [0.25, 0.3) is 90.9 Å². The number of benzene rings is 4. The zero-order valence-electron chi connectivity index (χ0n) is 36.3. The normalized spacial score (nSPS) is 11.6. The second-order valence-electron chi connectivity index (χ2n) is 16.1. The molecule has 72 heavy (non-hydrogen) atoms. The Morgan fingerprint density at radius 3 is 0.597 bits per heavy atom. The third-order valence-corrected chi connectivity index (χ3v) is 11.6. The van der Waals surface area contributed by atoms with Gasteiger partial charge in [-0.25, -0.2) is 48.3 Å². The number of carboxylic acids is 8. The molecule has 354 valence electrons. The highest BCUT2D eigenvalue weighted by molar-refractivity contribution is 6.06. The molecule has 20 nitrogen and oxygen atoms in total. The van der Waals surface area contributed by atoms with Crippen LogP contribution in [0.5, 0.6) is 0 Å². The number of carboxylic acid groups (broad SMARTS) is 8. The van der Waals surface area contributed by atoms with E-state index in [1.165, 1.54) is 97.1 Å². The van der Waals surface area contributed by atoms with E-state index in [0.717, 1.165) is 24.3 Å². The number of hydrogen-bond acceptors (Lipinski definition) is 10. The molecule has 2 aliphatic heterocycles. The van der Waals surface area contributed by atoms with E-state index in [1.807, 2.05) is 0 Å². The van der Waals surface area contributed by atoms with Gasteiger partial charge in [-0.15, -0.1) is 0 Å². The highest BCUT2D eigenvalue weighted by atomic mass is 16.4. The molecule has 20 heteroatoms. The fraction of sp³-hybridized carbons (Fsp3) is 0. The van der Waals surface area contributed by atoms with Gasteiger partial charge in [-0.05, 0) is 144 Å². The molecule has 0 fully saturated rings. The number of nitrogens with zero attached hydrogens (tertiary/aromatic N) is 2. The van der Waals surface area contributed by atoms with Crippen LogP contribution in [-0.2, 0) is 0 Å². The molecule has 0 saturated heterocycles. The van der Waals surface area contributed by atoms with Crippen molar-refractivity contribution < 1.29 is 79.2 Å². The zero-order chi connectivity index (χ0) is 51.4. The van der Waals surface area contributed by atoms with Crippen molar-refractivity contribution in [3.8, 4) is 44.5 Å². The maximum atomic E-state index is 12.5. The summed E-state index contributed by atoms with van der Waals surface area (Å²) in [5.41, 5.74) is -2.24. The minimum Gasteiger partial charge on any atom is -0.478 e. The quantitative estimate of drug-likeness (QED) is 0.0546. The Morgan fingerprint density at radius 1 is 0.278 bits per heavy atom. The maximum absolute atomic E-state index is 12.5. The van der Waals surface area contributed by atoms with E-state index in [1.54, 1.807) is 0 Å². The Balaban J connectivity index is 1.54. The highest BCUT2D eigenvalue weighted by Crippen LogP contribution is 2.40. The van der Waals surface area contributed by atoms with Crippen molar-refractivity contribution in [2.75, 3.05) is 0 Å². The molecule has 3 aromatic heterocycles. The van der Waals surface area contributed by atoms with Gasteiger partial charge in [-0.2, -0.15) is 0 Å². The molecule has 0 amide bonds. The van der Waals surface area contributed by atoms with Crippen LogP contribution in [0.15, 0.2) is 97.1 Å². The predicted molar refractivity (Wildman–Crippen MR) is 256 cm³/mol. The van der Waals surface area contributed by atoms with E-state index < -0.39 is 92.3 Å². The van der Waals surface area contributed by atoms with Crippen molar-refractivity contribution >= 4 is 94.1 Å². The lowest BCUT2D eigenvalue weighted by Crippen LogP contribution is -2.04. The maximum Gasteiger partial charge on any atom is 0.335 e. The second-order valence-corrected chi connectivity index (χ2v) is 16.1. The number of nitrogens with one attached hydrogen (secondary N) is 2. The van der Waals surface area contributed by atoms with Gasteiger partial charge in [0.25, 0.3) is 0 Å². The Morgan fingerprint density at radius 2 is 0.444 bits per heavy atom. The van der Waals surface area contributed by atoms with Gasteiger partial charge in [-0.3, -0.25) is 0 Å². The van der Waals surface area contributed by atoms with Gasteiger partial charge in [0.05, 0.1) is 67.3 Å². The number of H-pyrrole nitrogens is 2. The number of carbonyl (C=O) groups is 8. The molecular formula is C52H30N4O16. The van der Waals surface area contributed by atoms with Crippen molar-refractivity contribution in [2.24, 2.45) is 0 Å². The minimum absolute atomic E-state index is 0.0103. The van der Waals surface area contributed by atoms with Gasteiger partial charge >= 0.3 is 47.8 Å². The monoisotopic (exact) mass is 966 g/mol. The summed E-state index contributed by atoms with van der Waals surface area (Å²) < 4.78 is 0. The summed E-state index contributed by atoms with van der Waals surface area (Å²) >= 11 is 0. The largest absolute Gasteiger partial charge is 0.478 e. The van der Waals surface area contributed by atoms with E-state index in [2.05, 4.69) is 9.97 Å². The molecule has 9 rings (SSSR count). The van der Waals surface area contributed by atoms with Crippen LogP contribution in [-0.4, -0.2) is 109 Å². The standard InChI is InChI=1S/C52H30N4O16/c57-45(58)25-9-21(10-26(17-25)46(59)60)41-33-1-2-34(53-33)42(22-11-27(47(61)62)18-28(12-22)48(63)64)36-5-6-38(55-36)44(24-15-31(51(69)70)20-32(16-24)52(71)72)40-8-7-39(56-40)43(37-4-3-35(41)54-37)23-13-29(49(65)66)19-30(14-23)50(67)68/h1-20,53,56H,(H,57,58)(H,59,60)(H,61,62)(H,63,64)(H,65,66)(H,67,68)(H,69,70)(H,71,72). The Bertz CT molecular complexity index is 3290. The van der Waals surface area contributed by atoms with Crippen molar-refractivity contribution in [3.05, 3.63) is 164 Å². The summed E-state index contributed by atoms with van der Waals surface area (Å²) in [6.07, 6.45) is 5.92. The van der Waals surface area contributed by atoms with Gasteiger partial charge in [0.15, 0.2) is 0 Å².